The van der Waals surface area contributed by atoms with E-state index in [0.29, 0.717) is 10.2 Å². The van der Waals surface area contributed by atoms with E-state index in [4.69, 9.17) is 9.84 Å². The Morgan fingerprint density at radius 1 is 1.64 bits per heavy atom. The van der Waals surface area contributed by atoms with E-state index in [0.717, 1.165) is 0 Å². The molecule has 5 nitrogen and oxygen atoms in total. The van der Waals surface area contributed by atoms with Gasteiger partial charge in [-0.1, -0.05) is 15.9 Å². The summed E-state index contributed by atoms with van der Waals surface area (Å²) in [6.07, 6.45) is 0. The first-order valence-corrected chi connectivity index (χ1v) is 4.51. The van der Waals surface area contributed by atoms with E-state index in [-0.39, 0.29) is 17.9 Å². The van der Waals surface area contributed by atoms with E-state index >= 15 is 0 Å². The topological polar surface area (TPSA) is 72.6 Å². The number of benzene rings is 1. The molecule has 76 valence electrons. The van der Waals surface area contributed by atoms with Crippen molar-refractivity contribution in [3.05, 3.63) is 32.3 Å². The molecule has 0 radical (unpaired) electrons. The van der Waals surface area contributed by atoms with Gasteiger partial charge in [-0.05, 0) is 6.07 Å². The molecule has 0 fully saturated rings. The maximum atomic E-state index is 10.6. The standard InChI is InChI=1S/C8H8BrNO4/c1-14-5-2-7(9)6(4-11)8(3-5)10(12)13/h2-3,11H,4H2,1H3. The average molecular weight is 262 g/mol. The van der Waals surface area contributed by atoms with Gasteiger partial charge in [0.1, 0.15) is 5.75 Å². The highest BCUT2D eigenvalue weighted by Crippen LogP contribution is 2.31. The third-order valence-corrected chi connectivity index (χ3v) is 2.44. The quantitative estimate of drug-likeness (QED) is 0.666. The number of methoxy groups -OCH3 is 1. The average Bonchev–Trinajstić information content (AvgIpc) is 2.16. The summed E-state index contributed by atoms with van der Waals surface area (Å²) in [7, 11) is 1.42. The molecule has 0 heterocycles. The van der Waals surface area contributed by atoms with Crippen molar-refractivity contribution in [3.8, 4) is 5.75 Å². The fourth-order valence-electron chi connectivity index (χ4n) is 1.04. The number of aliphatic hydroxyl groups excluding tert-OH is 1. The Hall–Kier alpha value is -1.14. The van der Waals surface area contributed by atoms with Crippen LogP contribution in [0.15, 0.2) is 16.6 Å². The third-order valence-electron chi connectivity index (χ3n) is 1.74. The zero-order valence-electron chi connectivity index (χ0n) is 7.36. The largest absolute Gasteiger partial charge is 0.496 e. The third kappa shape index (κ3) is 2.02. The summed E-state index contributed by atoms with van der Waals surface area (Å²) in [5.41, 5.74) is 0.0922. The first kappa shape index (κ1) is 10.9. The van der Waals surface area contributed by atoms with Gasteiger partial charge in [0.2, 0.25) is 0 Å². The second-order valence-corrected chi connectivity index (χ2v) is 3.38. The van der Waals surface area contributed by atoms with Crippen LogP contribution in [-0.4, -0.2) is 17.1 Å². The number of aliphatic hydroxyl groups is 1. The van der Waals surface area contributed by atoms with Gasteiger partial charge >= 0.3 is 0 Å². The lowest BCUT2D eigenvalue weighted by atomic mass is 10.2. The van der Waals surface area contributed by atoms with Crippen LogP contribution in [0.3, 0.4) is 0 Å². The number of hydrogen-bond acceptors (Lipinski definition) is 4. The van der Waals surface area contributed by atoms with Crippen LogP contribution in [0.25, 0.3) is 0 Å². The summed E-state index contributed by atoms with van der Waals surface area (Å²) < 4.78 is 5.33. The molecule has 1 rings (SSSR count). The van der Waals surface area contributed by atoms with Crippen LogP contribution in [0, 0.1) is 10.1 Å². The number of nitro benzene ring substituents is 1. The van der Waals surface area contributed by atoms with Gasteiger partial charge in [0.25, 0.3) is 5.69 Å². The fourth-order valence-corrected chi connectivity index (χ4v) is 1.59. The molecule has 0 aliphatic carbocycles. The first-order chi connectivity index (χ1) is 6.60. The van der Waals surface area contributed by atoms with Crippen molar-refractivity contribution in [2.24, 2.45) is 0 Å². The van der Waals surface area contributed by atoms with E-state index in [9.17, 15) is 10.1 Å². The summed E-state index contributed by atoms with van der Waals surface area (Å²) in [6.45, 7) is -0.388. The van der Waals surface area contributed by atoms with Crippen molar-refractivity contribution in [1.82, 2.24) is 0 Å². The predicted octanol–water partition coefficient (Wildman–Crippen LogP) is 1.86. The molecule has 0 unspecified atom stereocenters. The van der Waals surface area contributed by atoms with Crippen LogP contribution in [0.1, 0.15) is 5.56 Å². The van der Waals surface area contributed by atoms with Crippen molar-refractivity contribution in [3.63, 3.8) is 0 Å². The number of nitrogens with zero attached hydrogens (tertiary/aromatic N) is 1. The highest BCUT2D eigenvalue weighted by Gasteiger charge is 2.17. The van der Waals surface area contributed by atoms with Crippen molar-refractivity contribution < 1.29 is 14.8 Å². The Morgan fingerprint density at radius 3 is 2.71 bits per heavy atom. The molecule has 0 amide bonds. The van der Waals surface area contributed by atoms with Crippen molar-refractivity contribution in [2.75, 3.05) is 7.11 Å². The maximum absolute atomic E-state index is 10.6. The predicted molar refractivity (Wildman–Crippen MR) is 53.3 cm³/mol. The summed E-state index contributed by atoms with van der Waals surface area (Å²) in [4.78, 5) is 10.1. The van der Waals surface area contributed by atoms with Gasteiger partial charge in [0.15, 0.2) is 0 Å². The van der Waals surface area contributed by atoms with Gasteiger partial charge in [-0.25, -0.2) is 0 Å². The van der Waals surface area contributed by atoms with Crippen LogP contribution in [0.5, 0.6) is 5.75 Å². The second kappa shape index (κ2) is 4.39. The number of hydrogen-bond donors (Lipinski definition) is 1. The minimum atomic E-state index is -0.557. The molecule has 1 N–H and O–H groups in total. The number of halogens is 1. The molecule has 6 heteroatoms. The lowest BCUT2D eigenvalue weighted by Crippen LogP contribution is -1.97. The molecular formula is C8H8BrNO4. The van der Waals surface area contributed by atoms with Crippen LogP contribution in [0.4, 0.5) is 5.69 Å². The fraction of sp³-hybridized carbons (Fsp3) is 0.250. The smallest absolute Gasteiger partial charge is 0.279 e. The Morgan fingerprint density at radius 2 is 2.29 bits per heavy atom. The minimum Gasteiger partial charge on any atom is -0.496 e. The second-order valence-electron chi connectivity index (χ2n) is 2.52. The SMILES string of the molecule is COc1cc(Br)c(CO)c([N+](=O)[O-])c1. The van der Waals surface area contributed by atoms with Crippen molar-refractivity contribution in [2.45, 2.75) is 6.61 Å². The number of rotatable bonds is 3. The molecule has 14 heavy (non-hydrogen) atoms. The molecule has 1 aromatic carbocycles. The van der Waals surface area contributed by atoms with Crippen LogP contribution in [0.2, 0.25) is 0 Å². The minimum absolute atomic E-state index is 0.154. The molecule has 0 aliphatic heterocycles. The van der Waals surface area contributed by atoms with E-state index < -0.39 is 4.92 Å². The van der Waals surface area contributed by atoms with Gasteiger partial charge in [-0.2, -0.15) is 0 Å². The molecule has 1 aromatic rings. The molecule has 0 atom stereocenters. The molecule has 0 spiro atoms. The summed E-state index contributed by atoms with van der Waals surface area (Å²) in [6, 6.07) is 2.84. The Kier molecular flexibility index (Phi) is 3.43. The van der Waals surface area contributed by atoms with Crippen LogP contribution >= 0.6 is 15.9 Å². The van der Waals surface area contributed by atoms with E-state index in [1.54, 1.807) is 6.07 Å². The summed E-state index contributed by atoms with van der Waals surface area (Å²) >= 11 is 3.12. The molecular weight excluding hydrogens is 254 g/mol. The molecule has 0 aliphatic rings. The van der Waals surface area contributed by atoms with Gasteiger partial charge in [-0.15, -0.1) is 0 Å². The molecule has 0 aromatic heterocycles. The van der Waals surface area contributed by atoms with Gasteiger partial charge < -0.3 is 9.84 Å². The van der Waals surface area contributed by atoms with Crippen LogP contribution in [-0.2, 0) is 6.61 Å². The van der Waals surface area contributed by atoms with Gasteiger partial charge in [0.05, 0.1) is 30.3 Å². The number of nitro groups is 1. The van der Waals surface area contributed by atoms with E-state index in [1.165, 1.54) is 13.2 Å². The Bertz CT molecular complexity index is 367. The zero-order valence-corrected chi connectivity index (χ0v) is 8.94. The van der Waals surface area contributed by atoms with Gasteiger partial charge in [-0.3, -0.25) is 10.1 Å². The Labute approximate surface area is 88.6 Å². The lowest BCUT2D eigenvalue weighted by molar-refractivity contribution is -0.386. The molecule has 0 saturated heterocycles. The van der Waals surface area contributed by atoms with E-state index in [1.807, 2.05) is 0 Å². The van der Waals surface area contributed by atoms with Crippen LogP contribution < -0.4 is 4.74 Å². The lowest BCUT2D eigenvalue weighted by Gasteiger charge is -2.05. The molecule has 0 bridgehead atoms. The molecule has 0 saturated carbocycles. The maximum Gasteiger partial charge on any atom is 0.279 e. The van der Waals surface area contributed by atoms with Gasteiger partial charge in [0, 0.05) is 4.47 Å². The van der Waals surface area contributed by atoms with Crippen molar-refractivity contribution in [1.29, 1.82) is 0 Å². The summed E-state index contributed by atoms with van der Waals surface area (Å²) in [5, 5.41) is 19.6. The summed E-state index contributed by atoms with van der Waals surface area (Å²) in [5.74, 6) is 0.376. The first-order valence-electron chi connectivity index (χ1n) is 3.71. The normalized spacial score (nSPS) is 9.93. The highest BCUT2D eigenvalue weighted by molar-refractivity contribution is 9.10. The van der Waals surface area contributed by atoms with Crippen molar-refractivity contribution >= 4 is 21.6 Å². The monoisotopic (exact) mass is 261 g/mol. The highest BCUT2D eigenvalue weighted by atomic mass is 79.9. The zero-order chi connectivity index (χ0) is 10.7. The Balaban J connectivity index is 3.35. The van der Waals surface area contributed by atoms with E-state index in [2.05, 4.69) is 15.9 Å². The number of ether oxygens (including phenoxy) is 1.